The number of anilines is 1. The van der Waals surface area contributed by atoms with E-state index in [0.717, 1.165) is 42.8 Å². The second kappa shape index (κ2) is 7.78. The van der Waals surface area contributed by atoms with Crippen LogP contribution in [0, 0.1) is 0 Å². The maximum atomic E-state index is 11.5. The zero-order valence-electron chi connectivity index (χ0n) is 15.5. The Bertz CT molecular complexity index is 988. The van der Waals surface area contributed by atoms with Gasteiger partial charge < -0.3 is 10.8 Å². The third kappa shape index (κ3) is 3.73. The second-order valence-electron chi connectivity index (χ2n) is 7.02. The molecule has 1 aliphatic heterocycles. The molecule has 6 nitrogen and oxygen atoms in total. The molecule has 1 saturated heterocycles. The number of nitrogen functional groups attached to an aromatic ring is 1. The van der Waals surface area contributed by atoms with Gasteiger partial charge in [-0.25, -0.2) is 14.8 Å². The van der Waals surface area contributed by atoms with E-state index < -0.39 is 5.97 Å². The minimum absolute atomic E-state index is 0.248. The van der Waals surface area contributed by atoms with Crippen molar-refractivity contribution in [3.63, 3.8) is 0 Å². The summed E-state index contributed by atoms with van der Waals surface area (Å²) in [6, 6.07) is 17.4. The van der Waals surface area contributed by atoms with Crippen molar-refractivity contribution in [3.05, 3.63) is 77.6 Å². The predicted octanol–water partition coefficient (Wildman–Crippen LogP) is 3.76. The van der Waals surface area contributed by atoms with Crippen LogP contribution in [0.25, 0.3) is 11.1 Å². The monoisotopic (exact) mass is 374 g/mol. The molecule has 1 atom stereocenters. The number of hydrogen-bond donors (Lipinski definition) is 2. The van der Waals surface area contributed by atoms with Crippen molar-refractivity contribution in [1.29, 1.82) is 0 Å². The van der Waals surface area contributed by atoms with E-state index in [2.05, 4.69) is 27.0 Å². The van der Waals surface area contributed by atoms with Crippen LogP contribution >= 0.6 is 0 Å². The van der Waals surface area contributed by atoms with Crippen molar-refractivity contribution in [2.75, 3.05) is 12.3 Å². The molecule has 0 radical (unpaired) electrons. The number of rotatable bonds is 5. The lowest BCUT2D eigenvalue weighted by molar-refractivity contribution is 0.0697. The highest BCUT2D eigenvalue weighted by Crippen LogP contribution is 2.32. The molecular formula is C22H22N4O2. The third-order valence-electron chi connectivity index (χ3n) is 5.21. The molecule has 6 heteroatoms. The number of aromatic nitrogens is 2. The molecule has 0 aliphatic carbocycles. The van der Waals surface area contributed by atoms with E-state index >= 15 is 0 Å². The van der Waals surface area contributed by atoms with Gasteiger partial charge in [-0.3, -0.25) is 4.90 Å². The molecule has 0 bridgehead atoms. The molecular weight excluding hydrogens is 352 g/mol. The molecule has 142 valence electrons. The molecule has 2 heterocycles. The lowest BCUT2D eigenvalue weighted by Gasteiger charge is -2.24. The summed E-state index contributed by atoms with van der Waals surface area (Å²) in [5, 5.41) is 9.40. The number of nitrogens with two attached hydrogens (primary N) is 1. The van der Waals surface area contributed by atoms with E-state index in [0.29, 0.717) is 11.5 Å². The van der Waals surface area contributed by atoms with Crippen LogP contribution in [0.4, 0.5) is 5.95 Å². The number of nitrogens with zero attached hydrogens (tertiary/aromatic N) is 3. The van der Waals surface area contributed by atoms with E-state index in [1.165, 1.54) is 5.56 Å². The first-order chi connectivity index (χ1) is 13.6. The number of likely N-dealkylation sites (tertiary alicyclic amines) is 1. The number of aromatic carboxylic acids is 1. The van der Waals surface area contributed by atoms with Gasteiger partial charge in [0.15, 0.2) is 0 Å². The van der Waals surface area contributed by atoms with Gasteiger partial charge in [-0.15, -0.1) is 0 Å². The van der Waals surface area contributed by atoms with Crippen molar-refractivity contribution >= 4 is 11.9 Å². The summed E-state index contributed by atoms with van der Waals surface area (Å²) in [7, 11) is 0. The van der Waals surface area contributed by atoms with Crippen LogP contribution < -0.4 is 5.73 Å². The van der Waals surface area contributed by atoms with E-state index in [4.69, 9.17) is 5.73 Å². The normalized spacial score (nSPS) is 16.9. The minimum Gasteiger partial charge on any atom is -0.478 e. The Balaban J connectivity index is 1.53. The van der Waals surface area contributed by atoms with Crippen LogP contribution in [0.15, 0.2) is 60.8 Å². The van der Waals surface area contributed by atoms with Crippen LogP contribution in [0.5, 0.6) is 0 Å². The largest absolute Gasteiger partial charge is 0.478 e. The Labute approximate surface area is 163 Å². The number of carboxylic acid groups (broad SMARTS) is 1. The van der Waals surface area contributed by atoms with Gasteiger partial charge in [0.1, 0.15) is 0 Å². The Morgan fingerprint density at radius 2 is 1.93 bits per heavy atom. The van der Waals surface area contributed by atoms with Gasteiger partial charge >= 0.3 is 5.97 Å². The number of benzene rings is 2. The van der Waals surface area contributed by atoms with E-state index in [-0.39, 0.29) is 6.04 Å². The highest BCUT2D eigenvalue weighted by molar-refractivity contribution is 5.95. The highest BCUT2D eigenvalue weighted by Gasteiger charge is 2.27. The van der Waals surface area contributed by atoms with Crippen LogP contribution in [0.3, 0.4) is 0 Å². The molecule has 3 N–H and O–H groups in total. The van der Waals surface area contributed by atoms with Crippen molar-refractivity contribution < 1.29 is 9.90 Å². The van der Waals surface area contributed by atoms with Crippen molar-refractivity contribution in [1.82, 2.24) is 14.9 Å². The average molecular weight is 374 g/mol. The Morgan fingerprint density at radius 1 is 1.14 bits per heavy atom. The Morgan fingerprint density at radius 3 is 2.68 bits per heavy atom. The molecule has 0 amide bonds. The highest BCUT2D eigenvalue weighted by atomic mass is 16.4. The summed E-state index contributed by atoms with van der Waals surface area (Å²) in [5.74, 6) is -0.602. The Kier molecular flexibility index (Phi) is 5.04. The number of hydrogen-bond acceptors (Lipinski definition) is 5. The standard InChI is InChI=1S/C22H22N4O2/c23-22-24-12-11-19(25-22)20-6-3-13-26(20)14-15-7-9-16(10-8-15)17-4-1-2-5-18(17)21(27)28/h1-2,4-5,7-12,20H,3,6,13-14H2,(H,27,28)(H2,23,24,25). The summed E-state index contributed by atoms with van der Waals surface area (Å²) in [6.45, 7) is 1.83. The molecule has 4 rings (SSSR count). The summed E-state index contributed by atoms with van der Waals surface area (Å²) in [6.07, 6.45) is 3.89. The van der Waals surface area contributed by atoms with Gasteiger partial charge in [-0.05, 0) is 48.2 Å². The first-order valence-corrected chi connectivity index (χ1v) is 9.36. The second-order valence-corrected chi connectivity index (χ2v) is 7.02. The predicted molar refractivity (Wildman–Crippen MR) is 108 cm³/mol. The van der Waals surface area contributed by atoms with Gasteiger partial charge in [-0.2, -0.15) is 0 Å². The molecule has 0 spiro atoms. The first-order valence-electron chi connectivity index (χ1n) is 9.36. The van der Waals surface area contributed by atoms with Gasteiger partial charge in [0.25, 0.3) is 0 Å². The fourth-order valence-electron chi connectivity index (χ4n) is 3.87. The van der Waals surface area contributed by atoms with Crippen molar-refractivity contribution in [2.45, 2.75) is 25.4 Å². The average Bonchev–Trinajstić information content (AvgIpc) is 3.17. The fraction of sp³-hybridized carbons (Fsp3) is 0.227. The van der Waals surface area contributed by atoms with Crippen LogP contribution in [0.1, 0.15) is 40.5 Å². The number of carboxylic acids is 1. The topological polar surface area (TPSA) is 92.3 Å². The summed E-state index contributed by atoms with van der Waals surface area (Å²) < 4.78 is 0. The quantitative estimate of drug-likeness (QED) is 0.706. The Hall–Kier alpha value is -3.25. The van der Waals surface area contributed by atoms with Crippen LogP contribution in [-0.2, 0) is 6.54 Å². The third-order valence-corrected chi connectivity index (χ3v) is 5.21. The molecule has 3 aromatic rings. The molecule has 1 unspecified atom stereocenters. The first kappa shape index (κ1) is 18.1. The van der Waals surface area contributed by atoms with E-state index in [9.17, 15) is 9.90 Å². The van der Waals surface area contributed by atoms with Gasteiger partial charge in [0.2, 0.25) is 5.95 Å². The molecule has 2 aromatic carbocycles. The smallest absolute Gasteiger partial charge is 0.336 e. The van der Waals surface area contributed by atoms with Crippen molar-refractivity contribution in [2.24, 2.45) is 0 Å². The molecule has 1 fully saturated rings. The lowest BCUT2D eigenvalue weighted by Crippen LogP contribution is -2.23. The maximum absolute atomic E-state index is 11.5. The molecule has 1 aliphatic rings. The zero-order chi connectivity index (χ0) is 19.5. The lowest BCUT2D eigenvalue weighted by atomic mass is 9.98. The van der Waals surface area contributed by atoms with Gasteiger partial charge in [0, 0.05) is 12.7 Å². The molecule has 28 heavy (non-hydrogen) atoms. The van der Waals surface area contributed by atoms with Crippen LogP contribution in [0.2, 0.25) is 0 Å². The number of carbonyl (C=O) groups is 1. The van der Waals surface area contributed by atoms with E-state index in [1.54, 1.807) is 18.3 Å². The maximum Gasteiger partial charge on any atom is 0.336 e. The molecule has 1 aromatic heterocycles. The summed E-state index contributed by atoms with van der Waals surface area (Å²) in [4.78, 5) is 22.2. The minimum atomic E-state index is -0.913. The fourth-order valence-corrected chi connectivity index (χ4v) is 3.87. The molecule has 0 saturated carbocycles. The van der Waals surface area contributed by atoms with E-state index in [1.807, 2.05) is 30.3 Å². The summed E-state index contributed by atoms with van der Waals surface area (Å²) in [5.41, 5.74) is 9.86. The van der Waals surface area contributed by atoms with Crippen LogP contribution in [-0.4, -0.2) is 32.5 Å². The summed E-state index contributed by atoms with van der Waals surface area (Å²) >= 11 is 0. The van der Waals surface area contributed by atoms with Gasteiger partial charge in [0.05, 0.1) is 17.3 Å². The zero-order valence-corrected chi connectivity index (χ0v) is 15.5. The SMILES string of the molecule is Nc1nccc(C2CCCN2Cc2ccc(-c3ccccc3C(=O)O)cc2)n1. The van der Waals surface area contributed by atoms with Crippen molar-refractivity contribution in [3.8, 4) is 11.1 Å². The van der Waals surface area contributed by atoms with Gasteiger partial charge in [-0.1, -0.05) is 42.5 Å².